The third kappa shape index (κ3) is 10.6. The fourth-order valence-electron chi connectivity index (χ4n) is 7.19. The lowest BCUT2D eigenvalue weighted by atomic mass is 9.94. The normalized spacial score (nSPS) is 19.9. The van der Waals surface area contributed by atoms with Gasteiger partial charge in [-0.1, -0.05) is 62.7 Å². The quantitative estimate of drug-likeness (QED) is 0.207. The van der Waals surface area contributed by atoms with Gasteiger partial charge in [0.2, 0.25) is 11.8 Å². The molecule has 0 radical (unpaired) electrons. The van der Waals surface area contributed by atoms with Gasteiger partial charge in [0.15, 0.2) is 0 Å². The zero-order valence-corrected chi connectivity index (χ0v) is 34.8. The lowest BCUT2D eigenvalue weighted by molar-refractivity contribution is -0.274. The van der Waals surface area contributed by atoms with Crippen LogP contribution in [0.3, 0.4) is 0 Å². The number of dihydropyridines is 1. The second kappa shape index (κ2) is 18.0. The van der Waals surface area contributed by atoms with Crippen LogP contribution in [0.15, 0.2) is 59.2 Å². The van der Waals surface area contributed by atoms with Gasteiger partial charge in [0.05, 0.1) is 41.3 Å². The Bertz CT molecular complexity index is 2110. The molecule has 59 heavy (non-hydrogen) atoms. The fourth-order valence-corrected chi connectivity index (χ4v) is 8.08. The number of alkyl halides is 3. The summed E-state index contributed by atoms with van der Waals surface area (Å²) in [6.45, 7) is 8.35. The van der Waals surface area contributed by atoms with E-state index in [2.05, 4.69) is 40.0 Å². The van der Waals surface area contributed by atoms with Gasteiger partial charge in [0, 0.05) is 67.7 Å². The SMILES string of the molecule is COC(=O)NCC(=O)N1CC(SC)CC1c1ncc(-c2ccc(-c3cc(Cl)c(NC(=O)C4=CCC(N5CCN(C(=O)C(C)(C)C)CC5)N=C4)cc3OC(F)(F)F)cc2)[nH]1. The highest BCUT2D eigenvalue weighted by Crippen LogP contribution is 2.41. The third-order valence-corrected chi connectivity index (χ3v) is 11.6. The molecule has 3 N–H and O–H groups in total. The van der Waals surface area contributed by atoms with Crippen molar-refractivity contribution in [3.8, 4) is 28.1 Å². The van der Waals surface area contributed by atoms with Gasteiger partial charge in [-0.25, -0.2) is 9.78 Å². The number of hydrogen-bond acceptors (Lipinski definition) is 10. The summed E-state index contributed by atoms with van der Waals surface area (Å²) in [7, 11) is 1.22. The molecule has 1 aromatic heterocycles. The van der Waals surface area contributed by atoms with Crippen molar-refractivity contribution in [2.75, 3.05) is 58.0 Å². The number of anilines is 1. The van der Waals surface area contributed by atoms with E-state index in [0.717, 1.165) is 6.07 Å². The molecule has 0 bridgehead atoms. The lowest BCUT2D eigenvalue weighted by Crippen LogP contribution is -2.54. The van der Waals surface area contributed by atoms with Crippen LogP contribution in [0.25, 0.3) is 22.4 Å². The van der Waals surface area contributed by atoms with Gasteiger partial charge in [0.25, 0.3) is 5.91 Å². The Morgan fingerprint density at radius 3 is 2.34 bits per heavy atom. The molecule has 2 saturated heterocycles. The first-order valence-corrected chi connectivity index (χ1v) is 20.6. The standard InChI is InChI=1S/C40H46ClF3N8O6S/c1-39(2,3)37(55)51-14-12-50(13-15-51)33-11-10-25(19-45-33)36(54)49-29-18-32(58-40(42,43)44)27(17-28(29)41)23-6-8-24(9-7-23)30-20-46-35(48-30)31-16-26(59-5)22-52(31)34(53)21-47-38(56)57-4/h6-10,17-20,26,31,33H,11-16,21-22H2,1-5H3,(H,46,48)(H,47,56)(H,49,54). The average molecular weight is 859 g/mol. The number of aromatic amines is 1. The topological polar surface area (TPSA) is 162 Å². The minimum atomic E-state index is -5.05. The van der Waals surface area contributed by atoms with Gasteiger partial charge in [-0.2, -0.15) is 11.8 Å². The number of aromatic nitrogens is 2. The van der Waals surface area contributed by atoms with Gasteiger partial charge in [-0.05, 0) is 29.9 Å². The predicted molar refractivity (Wildman–Crippen MR) is 219 cm³/mol. The van der Waals surface area contributed by atoms with Gasteiger partial charge >= 0.3 is 12.5 Å². The number of methoxy groups -OCH3 is 1. The summed E-state index contributed by atoms with van der Waals surface area (Å²) in [6, 6.07) is 8.59. The zero-order chi connectivity index (χ0) is 42.6. The van der Waals surface area contributed by atoms with Crippen LogP contribution in [0.5, 0.6) is 5.75 Å². The molecule has 2 fully saturated rings. The Morgan fingerprint density at radius 1 is 1.03 bits per heavy atom. The first kappa shape index (κ1) is 43.5. The molecule has 3 aliphatic rings. The van der Waals surface area contributed by atoms with Gasteiger partial charge < -0.3 is 34.9 Å². The Morgan fingerprint density at radius 2 is 1.73 bits per heavy atom. The van der Waals surface area contributed by atoms with Gasteiger partial charge in [0.1, 0.15) is 24.3 Å². The molecule has 4 amide bonds. The maximum Gasteiger partial charge on any atom is 0.573 e. The summed E-state index contributed by atoms with van der Waals surface area (Å²) in [5, 5.41) is 5.17. The number of aliphatic imine (C=N–C) groups is 1. The van der Waals surface area contributed by atoms with Crippen molar-refractivity contribution in [2.24, 2.45) is 10.4 Å². The smallest absolute Gasteiger partial charge is 0.453 e. The van der Waals surface area contributed by atoms with Crippen LogP contribution in [0.1, 0.15) is 45.5 Å². The van der Waals surface area contributed by atoms with Crippen molar-refractivity contribution in [1.82, 2.24) is 30.0 Å². The zero-order valence-electron chi connectivity index (χ0n) is 33.2. The number of H-pyrrole nitrogens is 1. The largest absolute Gasteiger partial charge is 0.573 e. The van der Waals surface area contributed by atoms with E-state index in [4.69, 9.17) is 11.6 Å². The number of carbonyl (C=O) groups excluding carboxylic acids is 4. The minimum absolute atomic E-state index is 0.0138. The summed E-state index contributed by atoms with van der Waals surface area (Å²) < 4.78 is 50.1. The number of carbonyl (C=O) groups is 4. The van der Waals surface area contributed by atoms with Crippen molar-refractivity contribution in [2.45, 2.75) is 57.4 Å². The molecule has 0 saturated carbocycles. The molecule has 3 aromatic rings. The highest BCUT2D eigenvalue weighted by atomic mass is 35.5. The molecule has 6 rings (SSSR count). The highest BCUT2D eigenvalue weighted by molar-refractivity contribution is 7.99. The second-order valence-electron chi connectivity index (χ2n) is 15.3. The molecule has 0 spiro atoms. The molecule has 3 aliphatic heterocycles. The summed E-state index contributed by atoms with van der Waals surface area (Å²) in [6.07, 6.45) is 1.84. The highest BCUT2D eigenvalue weighted by Gasteiger charge is 2.38. The average Bonchev–Trinajstić information content (AvgIpc) is 3.88. The van der Waals surface area contributed by atoms with E-state index in [1.54, 1.807) is 53.2 Å². The van der Waals surface area contributed by atoms with Crippen LogP contribution < -0.4 is 15.4 Å². The molecule has 316 valence electrons. The number of nitrogens with one attached hydrogen (secondary N) is 3. The number of imidazole rings is 1. The van der Waals surface area contributed by atoms with Crippen molar-refractivity contribution in [3.05, 3.63) is 65.1 Å². The monoisotopic (exact) mass is 858 g/mol. The van der Waals surface area contributed by atoms with Crippen molar-refractivity contribution in [3.63, 3.8) is 0 Å². The molecule has 3 atom stereocenters. The summed E-state index contributed by atoms with van der Waals surface area (Å²) in [4.78, 5) is 68.6. The number of benzene rings is 2. The molecule has 14 nitrogen and oxygen atoms in total. The maximum absolute atomic E-state index is 13.7. The van der Waals surface area contributed by atoms with E-state index in [9.17, 15) is 32.3 Å². The minimum Gasteiger partial charge on any atom is -0.453 e. The third-order valence-electron chi connectivity index (χ3n) is 10.3. The number of likely N-dealkylation sites (tertiary alicyclic amines) is 1. The van der Waals surface area contributed by atoms with Crippen LogP contribution in [-0.2, 0) is 19.1 Å². The summed E-state index contributed by atoms with van der Waals surface area (Å²) in [5.41, 5.74) is 1.37. The predicted octanol–water partition coefficient (Wildman–Crippen LogP) is 6.51. The number of halogens is 4. The van der Waals surface area contributed by atoms with E-state index < -0.39 is 29.5 Å². The summed E-state index contributed by atoms with van der Waals surface area (Å²) in [5.74, 6) is -0.808. The summed E-state index contributed by atoms with van der Waals surface area (Å²) >= 11 is 8.20. The van der Waals surface area contributed by atoms with Crippen LogP contribution in [-0.4, -0.2) is 125 Å². The number of thioether (sulfide) groups is 1. The van der Waals surface area contributed by atoms with Crippen molar-refractivity contribution >= 4 is 59.1 Å². The van der Waals surface area contributed by atoms with E-state index in [-0.39, 0.29) is 57.7 Å². The molecule has 0 aliphatic carbocycles. The van der Waals surface area contributed by atoms with E-state index in [1.807, 2.05) is 31.9 Å². The first-order chi connectivity index (χ1) is 27.9. The lowest BCUT2D eigenvalue weighted by Gasteiger charge is -2.40. The van der Waals surface area contributed by atoms with E-state index in [1.165, 1.54) is 19.4 Å². The number of ether oxygens (including phenoxy) is 2. The van der Waals surface area contributed by atoms with Crippen LogP contribution in [0.4, 0.5) is 23.7 Å². The van der Waals surface area contributed by atoms with E-state index in [0.29, 0.717) is 68.2 Å². The maximum atomic E-state index is 13.7. The molecular formula is C40H46ClF3N8O6S. The van der Waals surface area contributed by atoms with Crippen LogP contribution >= 0.6 is 23.4 Å². The Hall–Kier alpha value is -5.07. The van der Waals surface area contributed by atoms with Crippen LogP contribution in [0.2, 0.25) is 5.02 Å². The molecule has 19 heteroatoms. The van der Waals surface area contributed by atoms with E-state index >= 15 is 0 Å². The van der Waals surface area contributed by atoms with Crippen LogP contribution in [0, 0.1) is 5.41 Å². The molecule has 4 heterocycles. The number of piperazine rings is 1. The Kier molecular flexibility index (Phi) is 13.3. The van der Waals surface area contributed by atoms with Crippen molar-refractivity contribution < 1.29 is 41.8 Å². The second-order valence-corrected chi connectivity index (χ2v) is 16.9. The van der Waals surface area contributed by atoms with Gasteiger partial charge in [-0.3, -0.25) is 24.3 Å². The number of rotatable bonds is 10. The Labute approximate surface area is 348 Å². The Balaban J connectivity index is 1.13. The molecule has 2 aromatic carbocycles. The number of hydrogen-bond donors (Lipinski definition) is 3. The number of alkyl carbamates (subject to hydrolysis) is 1. The first-order valence-electron chi connectivity index (χ1n) is 18.9. The van der Waals surface area contributed by atoms with Gasteiger partial charge in [-0.15, -0.1) is 13.2 Å². The molecular weight excluding hydrogens is 813 g/mol. The molecule has 3 unspecified atom stereocenters. The fraction of sp³-hybridized carbons (Fsp3) is 0.450. The number of nitrogens with zero attached hydrogens (tertiary/aromatic N) is 5. The van der Waals surface area contributed by atoms with Crippen molar-refractivity contribution in [1.29, 1.82) is 0 Å². The number of amides is 4.